The van der Waals surface area contributed by atoms with Crippen LogP contribution in [0.2, 0.25) is 0 Å². The molecule has 340 valence electrons. The maximum absolute atomic E-state index is 14.3. The number of carbonyl (C=O) groups is 2. The van der Waals surface area contributed by atoms with Gasteiger partial charge in [-0.1, -0.05) is 42.3 Å². The maximum atomic E-state index is 14.3. The SMILES string of the molecule is C=CCO[C@@]12Oc3ccc(OC(=O)Nc4ccc(OC)cc4OC)cc3[C@H]3[C@H](CCCCO)[C@@H](CCCCO)C=C(C(=NOC)C[C@@H]1N(Cc1ccc(F)cc1)C(=O)OCCCl)[C@H]32. The van der Waals surface area contributed by atoms with Gasteiger partial charge < -0.3 is 43.5 Å². The second-order valence-corrected chi connectivity index (χ2v) is 16.0. The lowest BCUT2D eigenvalue weighted by atomic mass is 9.55. The monoisotopic (exact) mass is 893 g/mol. The summed E-state index contributed by atoms with van der Waals surface area (Å²) >= 11 is 6.03. The first kappa shape index (κ1) is 47.1. The van der Waals surface area contributed by atoms with E-state index < -0.39 is 41.7 Å². The Labute approximate surface area is 372 Å². The smallest absolute Gasteiger partial charge is 0.417 e. The zero-order chi connectivity index (χ0) is 44.9. The number of halogens is 2. The number of anilines is 1. The first-order chi connectivity index (χ1) is 30.6. The molecule has 2 amide bonds. The Morgan fingerprint density at radius 2 is 1.75 bits per heavy atom. The fourth-order valence-electron chi connectivity index (χ4n) is 9.26. The minimum atomic E-state index is -1.60. The Hall–Kier alpha value is -5.35. The number of unbranched alkanes of at least 4 members (excludes halogenated alkanes) is 2. The summed E-state index contributed by atoms with van der Waals surface area (Å²) in [7, 11) is 4.48. The second-order valence-electron chi connectivity index (χ2n) is 15.6. The van der Waals surface area contributed by atoms with Gasteiger partial charge in [0.2, 0.25) is 5.79 Å². The lowest BCUT2D eigenvalue weighted by Crippen LogP contribution is -2.70. The number of amides is 2. The second kappa shape index (κ2) is 22.3. The lowest BCUT2D eigenvalue weighted by molar-refractivity contribution is -0.256. The molecule has 3 N–H and O–H groups in total. The van der Waals surface area contributed by atoms with E-state index in [4.69, 9.17) is 44.9 Å². The fourth-order valence-corrected chi connectivity index (χ4v) is 9.34. The minimum absolute atomic E-state index is 0.0111. The molecule has 0 saturated heterocycles. The number of nitrogens with one attached hydrogen (secondary N) is 1. The molecule has 6 atom stereocenters. The van der Waals surface area contributed by atoms with E-state index in [1.54, 1.807) is 54.6 Å². The van der Waals surface area contributed by atoms with E-state index in [2.05, 4.69) is 23.1 Å². The van der Waals surface area contributed by atoms with Crippen molar-refractivity contribution in [2.24, 2.45) is 22.9 Å². The number of ether oxygens (including phenoxy) is 6. The normalized spacial score (nSPS) is 22.7. The molecule has 2 aliphatic carbocycles. The molecule has 0 radical (unpaired) electrons. The van der Waals surface area contributed by atoms with Crippen LogP contribution in [0.5, 0.6) is 23.0 Å². The van der Waals surface area contributed by atoms with Gasteiger partial charge >= 0.3 is 12.2 Å². The third-order valence-corrected chi connectivity index (χ3v) is 12.0. The highest BCUT2D eigenvalue weighted by atomic mass is 35.5. The van der Waals surface area contributed by atoms with Gasteiger partial charge in [-0.25, -0.2) is 14.0 Å². The predicted octanol–water partition coefficient (Wildman–Crippen LogP) is 8.59. The van der Waals surface area contributed by atoms with Crippen LogP contribution in [-0.4, -0.2) is 98.5 Å². The summed E-state index contributed by atoms with van der Waals surface area (Å²) in [5.74, 6) is -1.54. The zero-order valence-corrected chi connectivity index (χ0v) is 36.7. The average molecular weight is 894 g/mol. The van der Waals surface area contributed by atoms with Crippen LogP contribution in [0.15, 0.2) is 90.1 Å². The number of benzene rings is 3. The lowest BCUT2D eigenvalue weighted by Gasteiger charge is -2.59. The summed E-state index contributed by atoms with van der Waals surface area (Å²) in [6, 6.07) is 15.1. The van der Waals surface area contributed by atoms with Crippen molar-refractivity contribution in [2.45, 2.75) is 69.2 Å². The summed E-state index contributed by atoms with van der Waals surface area (Å²) in [5.41, 5.74) is 3.12. The van der Waals surface area contributed by atoms with Gasteiger partial charge in [0.05, 0.1) is 44.0 Å². The third-order valence-electron chi connectivity index (χ3n) is 11.9. The number of aliphatic hydroxyl groups excluding tert-OH is 2. The van der Waals surface area contributed by atoms with E-state index in [1.807, 2.05) is 0 Å². The number of carbonyl (C=O) groups excluding carboxylic acids is 2. The molecule has 1 fully saturated rings. The Morgan fingerprint density at radius 1 is 1.00 bits per heavy atom. The molecular formula is C47H57ClFN3O11. The standard InChI is InChI=1S/C47H57ClFN3O11/c1-5-23-61-47-42(52(46(56)60-24-20-48)29-30-12-14-32(49)15-13-30)28-39(51-59-4)36-25-31(10-6-8-21-53)35(11-7-9-22-54)43(44(36)47)37-26-34(17-19-40(37)63-47)62-45(55)50-38-18-16-33(57-2)27-41(38)58-3/h5,12-19,25-27,31,35,42-44,53-54H,1,6-11,20-24,28-29H2,2-4H3,(H,50,55)/t31-,35+,42-,43+,44+,47+/m0/s1. The van der Waals surface area contributed by atoms with Crippen molar-refractivity contribution in [2.75, 3.05) is 59.0 Å². The third kappa shape index (κ3) is 10.7. The molecule has 1 saturated carbocycles. The van der Waals surface area contributed by atoms with Crippen molar-refractivity contribution in [3.63, 3.8) is 0 Å². The zero-order valence-electron chi connectivity index (χ0n) is 35.9. The van der Waals surface area contributed by atoms with Crippen molar-refractivity contribution in [3.8, 4) is 23.0 Å². The Morgan fingerprint density at radius 3 is 2.43 bits per heavy atom. The molecule has 16 heteroatoms. The number of hydrogen-bond acceptors (Lipinski definition) is 12. The Balaban J connectivity index is 1.53. The van der Waals surface area contributed by atoms with Gasteiger partial charge in [-0.05, 0) is 91.1 Å². The summed E-state index contributed by atoms with van der Waals surface area (Å²) in [4.78, 5) is 34.9. The number of alkyl halides is 1. The van der Waals surface area contributed by atoms with Crippen LogP contribution in [0, 0.1) is 23.6 Å². The van der Waals surface area contributed by atoms with E-state index in [0.29, 0.717) is 59.9 Å². The summed E-state index contributed by atoms with van der Waals surface area (Å²) in [5, 5.41) is 27.1. The van der Waals surface area contributed by atoms with E-state index in [-0.39, 0.29) is 62.9 Å². The molecular weight excluding hydrogens is 837 g/mol. The topological polar surface area (TPSA) is 167 Å². The quantitative estimate of drug-likeness (QED) is 0.0406. The number of allylic oxidation sites excluding steroid dienone is 1. The number of rotatable bonds is 21. The molecule has 1 aliphatic heterocycles. The molecule has 0 bridgehead atoms. The first-order valence-electron chi connectivity index (χ1n) is 21.2. The largest absolute Gasteiger partial charge is 0.497 e. The van der Waals surface area contributed by atoms with Crippen LogP contribution in [0.25, 0.3) is 0 Å². The number of fused-ring (bicyclic) bond motifs is 2. The highest BCUT2D eigenvalue weighted by molar-refractivity contribution is 6.18. The summed E-state index contributed by atoms with van der Waals surface area (Å²) < 4.78 is 50.8. The molecule has 1 heterocycles. The number of oxime groups is 1. The molecule has 3 aromatic carbocycles. The van der Waals surface area contributed by atoms with Crippen molar-refractivity contribution in [1.29, 1.82) is 0 Å². The molecule has 3 aliphatic rings. The highest BCUT2D eigenvalue weighted by Gasteiger charge is 2.65. The van der Waals surface area contributed by atoms with Gasteiger partial charge in [0, 0.05) is 43.7 Å². The van der Waals surface area contributed by atoms with E-state index in [1.165, 1.54) is 38.4 Å². The van der Waals surface area contributed by atoms with Crippen LogP contribution in [0.1, 0.15) is 62.0 Å². The summed E-state index contributed by atoms with van der Waals surface area (Å²) in [6.45, 7) is 3.98. The van der Waals surface area contributed by atoms with Gasteiger partial charge in [0.1, 0.15) is 48.6 Å². The molecule has 6 rings (SSSR count). The average Bonchev–Trinajstić information content (AvgIpc) is 3.29. The number of methoxy groups -OCH3 is 2. The van der Waals surface area contributed by atoms with E-state index >= 15 is 0 Å². The van der Waals surface area contributed by atoms with Crippen molar-refractivity contribution < 1.29 is 57.5 Å². The van der Waals surface area contributed by atoms with Gasteiger partial charge in [0.25, 0.3) is 0 Å². The molecule has 3 aromatic rings. The summed E-state index contributed by atoms with van der Waals surface area (Å²) in [6.07, 6.45) is 6.54. The Kier molecular flexibility index (Phi) is 16.7. The van der Waals surface area contributed by atoms with Crippen LogP contribution in [0.4, 0.5) is 19.7 Å². The van der Waals surface area contributed by atoms with Crippen LogP contribution in [-0.2, 0) is 20.9 Å². The molecule has 0 spiro atoms. The van der Waals surface area contributed by atoms with Crippen molar-refractivity contribution in [1.82, 2.24) is 4.90 Å². The van der Waals surface area contributed by atoms with Crippen LogP contribution < -0.4 is 24.3 Å². The van der Waals surface area contributed by atoms with Gasteiger partial charge in [-0.2, -0.15) is 0 Å². The predicted molar refractivity (Wildman–Crippen MR) is 235 cm³/mol. The number of hydrogen-bond donors (Lipinski definition) is 3. The van der Waals surface area contributed by atoms with Gasteiger partial charge in [0.15, 0.2) is 0 Å². The highest BCUT2D eigenvalue weighted by Crippen LogP contribution is 2.62. The molecule has 63 heavy (non-hydrogen) atoms. The first-order valence-corrected chi connectivity index (χ1v) is 21.7. The van der Waals surface area contributed by atoms with Crippen molar-refractivity contribution >= 4 is 35.2 Å². The fraction of sp³-hybridized carbons (Fsp3) is 0.468. The number of aliphatic hydroxyl groups is 2. The van der Waals surface area contributed by atoms with Crippen LogP contribution >= 0.6 is 11.6 Å². The Bertz CT molecular complexity index is 2100. The van der Waals surface area contributed by atoms with Gasteiger partial charge in [-0.15, -0.1) is 18.2 Å². The van der Waals surface area contributed by atoms with E-state index in [9.17, 15) is 24.2 Å². The van der Waals surface area contributed by atoms with Gasteiger partial charge in [-0.3, -0.25) is 10.2 Å². The van der Waals surface area contributed by atoms with E-state index in [0.717, 1.165) is 24.0 Å². The van der Waals surface area contributed by atoms with Crippen molar-refractivity contribution in [3.05, 3.63) is 102 Å². The molecule has 0 aromatic heterocycles. The molecule has 14 nitrogen and oxygen atoms in total. The molecule has 0 unspecified atom stereocenters. The maximum Gasteiger partial charge on any atom is 0.417 e. The van der Waals surface area contributed by atoms with Crippen LogP contribution in [0.3, 0.4) is 0 Å². The number of nitrogens with zero attached hydrogens (tertiary/aromatic N) is 2. The minimum Gasteiger partial charge on any atom is -0.497 e.